The molecule has 2 atom stereocenters. The fourth-order valence-corrected chi connectivity index (χ4v) is 2.35. The molecule has 98 valence electrons. The van der Waals surface area contributed by atoms with Gasteiger partial charge in [0.05, 0.1) is 12.5 Å². The van der Waals surface area contributed by atoms with Gasteiger partial charge >= 0.3 is 5.97 Å². The normalized spacial score (nSPS) is 22.9. The summed E-state index contributed by atoms with van der Waals surface area (Å²) >= 11 is 0. The number of hydrogen-bond acceptors (Lipinski definition) is 4. The molecular weight excluding hydrogens is 236 g/mol. The summed E-state index contributed by atoms with van der Waals surface area (Å²) in [5.74, 6) is -0.756. The van der Waals surface area contributed by atoms with Crippen LogP contribution in [0.15, 0.2) is 6.33 Å². The summed E-state index contributed by atoms with van der Waals surface area (Å²) in [5.41, 5.74) is 0. The third-order valence-electron chi connectivity index (χ3n) is 3.36. The lowest BCUT2D eigenvalue weighted by Gasteiger charge is -2.19. The summed E-state index contributed by atoms with van der Waals surface area (Å²) in [5, 5.41) is 15.3. The highest BCUT2D eigenvalue weighted by Crippen LogP contribution is 2.32. The van der Waals surface area contributed by atoms with Gasteiger partial charge in [-0.15, -0.1) is 0 Å². The molecule has 7 nitrogen and oxygen atoms in total. The van der Waals surface area contributed by atoms with E-state index < -0.39 is 5.97 Å². The second kappa shape index (κ2) is 5.16. The SMILES string of the molecule is CN(Cc1ncn[nH]1)C(=O)[C@@H]1CC[C@H](C(=O)O)C1. The maximum Gasteiger partial charge on any atom is 0.306 e. The van der Waals surface area contributed by atoms with Crippen LogP contribution in [-0.4, -0.2) is 44.1 Å². The van der Waals surface area contributed by atoms with Crippen LogP contribution >= 0.6 is 0 Å². The number of hydrogen-bond donors (Lipinski definition) is 2. The third-order valence-corrected chi connectivity index (χ3v) is 3.36. The van der Waals surface area contributed by atoms with Crippen LogP contribution in [0.4, 0.5) is 0 Å². The molecule has 1 aliphatic rings. The van der Waals surface area contributed by atoms with Crippen molar-refractivity contribution in [1.82, 2.24) is 20.1 Å². The van der Waals surface area contributed by atoms with Crippen molar-refractivity contribution >= 4 is 11.9 Å². The fraction of sp³-hybridized carbons (Fsp3) is 0.636. The van der Waals surface area contributed by atoms with E-state index in [0.717, 1.165) is 0 Å². The van der Waals surface area contributed by atoms with Gasteiger partial charge in [-0.25, -0.2) is 4.98 Å². The summed E-state index contributed by atoms with van der Waals surface area (Å²) in [6.07, 6.45) is 3.07. The van der Waals surface area contributed by atoms with E-state index in [-0.39, 0.29) is 17.7 Å². The first kappa shape index (κ1) is 12.5. The van der Waals surface area contributed by atoms with Crippen LogP contribution < -0.4 is 0 Å². The number of aliphatic carboxylic acids is 1. The standard InChI is InChI=1S/C11H16N4O3/c1-15(5-9-12-6-13-14-9)10(16)7-2-3-8(4-7)11(17)18/h6-8H,2-5H2,1H3,(H,17,18)(H,12,13,14)/t7-,8+/m1/s1. The number of carbonyl (C=O) groups is 2. The molecule has 0 aromatic carbocycles. The zero-order valence-corrected chi connectivity index (χ0v) is 10.2. The molecule has 1 amide bonds. The minimum Gasteiger partial charge on any atom is -0.481 e. The number of amides is 1. The number of carboxylic acids is 1. The Hall–Kier alpha value is -1.92. The molecule has 1 aromatic heterocycles. The second-order valence-electron chi connectivity index (χ2n) is 4.67. The molecule has 2 rings (SSSR count). The Bertz CT molecular complexity index is 432. The van der Waals surface area contributed by atoms with Crippen LogP contribution in [0.1, 0.15) is 25.1 Å². The van der Waals surface area contributed by atoms with E-state index in [1.165, 1.54) is 6.33 Å². The summed E-state index contributed by atoms with van der Waals surface area (Å²) in [7, 11) is 1.69. The Kier molecular flexibility index (Phi) is 3.59. The zero-order chi connectivity index (χ0) is 13.1. The van der Waals surface area contributed by atoms with Crippen LogP contribution in [0.3, 0.4) is 0 Å². The first-order chi connectivity index (χ1) is 8.58. The molecular formula is C11H16N4O3. The van der Waals surface area contributed by atoms with Gasteiger partial charge in [-0.2, -0.15) is 5.10 Å². The molecule has 2 N–H and O–H groups in total. The van der Waals surface area contributed by atoms with Gasteiger partial charge in [0.15, 0.2) is 0 Å². The van der Waals surface area contributed by atoms with Gasteiger partial charge in [0.2, 0.25) is 5.91 Å². The molecule has 0 bridgehead atoms. The van der Waals surface area contributed by atoms with Crippen molar-refractivity contribution in [2.45, 2.75) is 25.8 Å². The Morgan fingerprint density at radius 2 is 2.22 bits per heavy atom. The van der Waals surface area contributed by atoms with Gasteiger partial charge in [0, 0.05) is 13.0 Å². The number of rotatable bonds is 4. The largest absolute Gasteiger partial charge is 0.481 e. The topological polar surface area (TPSA) is 99.2 Å². The van der Waals surface area contributed by atoms with Crippen molar-refractivity contribution in [2.75, 3.05) is 7.05 Å². The van der Waals surface area contributed by atoms with Gasteiger partial charge in [0.25, 0.3) is 0 Å². The molecule has 18 heavy (non-hydrogen) atoms. The predicted molar refractivity (Wildman–Crippen MR) is 61.3 cm³/mol. The summed E-state index contributed by atoms with van der Waals surface area (Å²) in [4.78, 5) is 28.5. The number of nitrogens with one attached hydrogen (secondary N) is 1. The average Bonchev–Trinajstić information content (AvgIpc) is 2.98. The second-order valence-corrected chi connectivity index (χ2v) is 4.67. The van der Waals surface area contributed by atoms with Gasteiger partial charge < -0.3 is 10.0 Å². The van der Waals surface area contributed by atoms with E-state index in [9.17, 15) is 9.59 Å². The maximum atomic E-state index is 12.1. The number of nitrogens with zero attached hydrogens (tertiary/aromatic N) is 3. The van der Waals surface area contributed by atoms with Crippen LogP contribution in [0, 0.1) is 11.8 Å². The van der Waals surface area contributed by atoms with E-state index >= 15 is 0 Å². The summed E-state index contributed by atoms with van der Waals surface area (Å²) < 4.78 is 0. The van der Waals surface area contributed by atoms with E-state index in [2.05, 4.69) is 15.2 Å². The Labute approximate surface area is 104 Å². The quantitative estimate of drug-likeness (QED) is 0.801. The van der Waals surface area contributed by atoms with E-state index in [1.54, 1.807) is 11.9 Å². The highest BCUT2D eigenvalue weighted by molar-refractivity contribution is 5.80. The molecule has 1 saturated carbocycles. The molecule has 0 radical (unpaired) electrons. The molecule has 1 heterocycles. The number of carboxylic acid groups (broad SMARTS) is 1. The lowest BCUT2D eigenvalue weighted by molar-refractivity contribution is -0.141. The minimum absolute atomic E-state index is 0.0184. The minimum atomic E-state index is -0.803. The van der Waals surface area contributed by atoms with Gasteiger partial charge in [0.1, 0.15) is 12.2 Å². The molecule has 0 spiro atoms. The molecule has 1 fully saturated rings. The van der Waals surface area contributed by atoms with Crippen LogP contribution in [-0.2, 0) is 16.1 Å². The lowest BCUT2D eigenvalue weighted by atomic mass is 10.0. The molecule has 0 aliphatic heterocycles. The maximum absolute atomic E-state index is 12.1. The monoisotopic (exact) mass is 252 g/mol. The number of H-pyrrole nitrogens is 1. The van der Waals surface area contributed by atoms with Crippen molar-refractivity contribution in [3.05, 3.63) is 12.2 Å². The van der Waals surface area contributed by atoms with E-state index in [4.69, 9.17) is 5.11 Å². The predicted octanol–water partition coefficient (Wildman–Crippen LogP) is 0.264. The fourth-order valence-electron chi connectivity index (χ4n) is 2.35. The zero-order valence-electron chi connectivity index (χ0n) is 10.2. The smallest absolute Gasteiger partial charge is 0.306 e. The number of aromatic amines is 1. The van der Waals surface area contributed by atoms with Crippen molar-refractivity contribution < 1.29 is 14.7 Å². The molecule has 7 heteroatoms. The van der Waals surface area contributed by atoms with Crippen molar-refractivity contribution in [2.24, 2.45) is 11.8 Å². The highest BCUT2D eigenvalue weighted by atomic mass is 16.4. The third kappa shape index (κ3) is 2.66. The highest BCUT2D eigenvalue weighted by Gasteiger charge is 2.35. The summed E-state index contributed by atoms with van der Waals surface area (Å²) in [6.45, 7) is 0.368. The molecule has 0 unspecified atom stereocenters. The average molecular weight is 252 g/mol. The van der Waals surface area contributed by atoms with Crippen LogP contribution in [0.2, 0.25) is 0 Å². The van der Waals surface area contributed by atoms with Gasteiger partial charge in [-0.1, -0.05) is 0 Å². The lowest BCUT2D eigenvalue weighted by Crippen LogP contribution is -2.32. The first-order valence-corrected chi connectivity index (χ1v) is 5.90. The van der Waals surface area contributed by atoms with Crippen molar-refractivity contribution in [1.29, 1.82) is 0 Å². The number of aromatic nitrogens is 3. The van der Waals surface area contributed by atoms with Gasteiger partial charge in [-0.3, -0.25) is 14.7 Å². The Morgan fingerprint density at radius 3 is 2.78 bits per heavy atom. The van der Waals surface area contributed by atoms with Gasteiger partial charge in [-0.05, 0) is 19.3 Å². The van der Waals surface area contributed by atoms with E-state index in [0.29, 0.717) is 31.6 Å². The molecule has 1 aromatic rings. The van der Waals surface area contributed by atoms with E-state index in [1.807, 2.05) is 0 Å². The van der Waals surface area contributed by atoms with Crippen LogP contribution in [0.5, 0.6) is 0 Å². The molecule has 1 aliphatic carbocycles. The van der Waals surface area contributed by atoms with Crippen molar-refractivity contribution in [3.63, 3.8) is 0 Å². The van der Waals surface area contributed by atoms with Crippen LogP contribution in [0.25, 0.3) is 0 Å². The van der Waals surface area contributed by atoms with Crippen molar-refractivity contribution in [3.8, 4) is 0 Å². The number of carbonyl (C=O) groups excluding carboxylic acids is 1. The first-order valence-electron chi connectivity index (χ1n) is 5.90. The Morgan fingerprint density at radius 1 is 1.50 bits per heavy atom. The Balaban J connectivity index is 1.90. The molecule has 0 saturated heterocycles. The summed E-state index contributed by atoms with van der Waals surface area (Å²) in [6, 6.07) is 0.